The Morgan fingerprint density at radius 3 is 1.43 bits per heavy atom. The number of carboxylic acid groups (broad SMARTS) is 1. The summed E-state index contributed by atoms with van der Waals surface area (Å²) in [5, 5.41) is 17.4. The van der Waals surface area contributed by atoms with Gasteiger partial charge in [-0.1, -0.05) is 130 Å². The number of carbonyl (C=O) groups excluding carboxylic acids is 1. The summed E-state index contributed by atoms with van der Waals surface area (Å²) >= 11 is 0. The van der Waals surface area contributed by atoms with E-state index in [2.05, 4.69) is 10.6 Å². The monoisotopic (exact) mass is 626 g/mol. The molecule has 0 aliphatic heterocycles. The van der Waals surface area contributed by atoms with Crippen LogP contribution in [0.4, 0.5) is 0 Å². The van der Waals surface area contributed by atoms with E-state index < -0.39 is 29.1 Å². The first-order valence-electron chi connectivity index (χ1n) is 17.3. The molecule has 3 aromatic carbocycles. The van der Waals surface area contributed by atoms with Crippen molar-refractivity contribution in [2.45, 2.75) is 127 Å². The minimum absolute atomic E-state index is 0.00428. The van der Waals surface area contributed by atoms with Crippen LogP contribution in [0, 0.1) is 0 Å². The van der Waals surface area contributed by atoms with E-state index in [1.54, 1.807) is 20.8 Å². The fraction of sp³-hybridized carbons (Fsp3) is 0.500. The highest BCUT2D eigenvalue weighted by molar-refractivity contribution is 5.76. The van der Waals surface area contributed by atoms with E-state index in [9.17, 15) is 14.7 Å². The van der Waals surface area contributed by atoms with Crippen molar-refractivity contribution in [3.05, 3.63) is 108 Å². The van der Waals surface area contributed by atoms with Crippen molar-refractivity contribution in [2.75, 3.05) is 0 Å². The van der Waals surface area contributed by atoms with Gasteiger partial charge in [-0.25, -0.2) is 0 Å². The second-order valence-electron chi connectivity index (χ2n) is 13.8. The molecule has 248 valence electrons. The molecule has 2 aliphatic carbocycles. The molecule has 0 aromatic heterocycles. The van der Waals surface area contributed by atoms with Crippen molar-refractivity contribution in [1.82, 2.24) is 10.6 Å². The second-order valence-corrected chi connectivity index (χ2v) is 13.8. The van der Waals surface area contributed by atoms with Crippen LogP contribution in [0.5, 0.6) is 0 Å². The quantitative estimate of drug-likeness (QED) is 0.146. The Hall–Kier alpha value is -3.48. The van der Waals surface area contributed by atoms with Gasteiger partial charge in [-0.15, -0.1) is 0 Å². The van der Waals surface area contributed by atoms with Crippen LogP contribution in [0.1, 0.15) is 115 Å². The van der Waals surface area contributed by atoms with Gasteiger partial charge in [0.15, 0.2) is 0 Å². The van der Waals surface area contributed by atoms with Crippen LogP contribution in [0.25, 0.3) is 0 Å². The van der Waals surface area contributed by atoms with Gasteiger partial charge in [-0.2, -0.15) is 0 Å². The average Bonchev–Trinajstić information content (AvgIpc) is 3.06. The number of aliphatic carboxylic acids is 1. The molecule has 0 radical (unpaired) electrons. The zero-order valence-electron chi connectivity index (χ0n) is 28.0. The molecule has 0 unspecified atom stereocenters. The summed E-state index contributed by atoms with van der Waals surface area (Å²) in [4.78, 5) is 24.7. The molecule has 3 N–H and O–H groups in total. The number of esters is 1. The molecule has 0 spiro atoms. The van der Waals surface area contributed by atoms with E-state index in [0.29, 0.717) is 0 Å². The lowest BCUT2D eigenvalue weighted by Crippen LogP contribution is -2.52. The van der Waals surface area contributed by atoms with Gasteiger partial charge in [0.2, 0.25) is 0 Å². The minimum atomic E-state index is -1.02. The molecule has 46 heavy (non-hydrogen) atoms. The molecule has 0 heterocycles. The largest absolute Gasteiger partial charge is 0.480 e. The van der Waals surface area contributed by atoms with Crippen molar-refractivity contribution < 1.29 is 19.4 Å². The van der Waals surface area contributed by atoms with E-state index in [-0.39, 0.29) is 12.8 Å². The highest BCUT2D eigenvalue weighted by atomic mass is 16.6. The van der Waals surface area contributed by atoms with Crippen molar-refractivity contribution in [2.24, 2.45) is 0 Å². The molecule has 3 aromatic rings. The molecule has 2 fully saturated rings. The first kappa shape index (κ1) is 35.4. The number of nitrogens with one attached hydrogen (secondary N) is 2. The summed E-state index contributed by atoms with van der Waals surface area (Å²) in [5.41, 5.74) is 1.18. The van der Waals surface area contributed by atoms with Crippen molar-refractivity contribution in [3.63, 3.8) is 0 Å². The smallest absolute Gasteiger partial charge is 0.320 e. The highest BCUT2D eigenvalue weighted by Crippen LogP contribution is 2.37. The van der Waals surface area contributed by atoms with Crippen molar-refractivity contribution in [3.8, 4) is 0 Å². The van der Waals surface area contributed by atoms with E-state index >= 15 is 0 Å². The maximum Gasteiger partial charge on any atom is 0.320 e. The third-order valence-corrected chi connectivity index (χ3v) is 9.05. The lowest BCUT2D eigenvalue weighted by atomic mass is 9.76. The lowest BCUT2D eigenvalue weighted by Gasteiger charge is -2.39. The number of rotatable bonds is 11. The number of benzene rings is 3. The van der Waals surface area contributed by atoms with Crippen molar-refractivity contribution >= 4 is 11.9 Å². The lowest BCUT2D eigenvalue weighted by molar-refractivity contribution is -0.155. The van der Waals surface area contributed by atoms with Crippen LogP contribution in [-0.4, -0.2) is 40.8 Å². The van der Waals surface area contributed by atoms with Crippen LogP contribution in [-0.2, 0) is 19.9 Å². The Bertz CT molecular complexity index is 1200. The fourth-order valence-electron chi connectivity index (χ4n) is 6.86. The summed E-state index contributed by atoms with van der Waals surface area (Å²) < 4.78 is 5.39. The SMILES string of the molecule is C1CCC(NC2CCCCC2)CC1.CC(C)(C)OC(=O)CC[C@H](NC(c1ccccc1)(c1ccccc1)c1ccccc1)C(=O)O. The van der Waals surface area contributed by atoms with Gasteiger partial charge in [0, 0.05) is 18.5 Å². The third kappa shape index (κ3) is 10.5. The third-order valence-electron chi connectivity index (χ3n) is 9.05. The molecule has 2 aliphatic rings. The molecule has 0 saturated heterocycles. The Balaban J connectivity index is 0.000000305. The standard InChI is InChI=1S/C28H31NO4.C12H23N/c1-27(2,3)33-25(30)20-19-24(26(31)32)29-28(21-13-7-4-8-14-21,22-15-9-5-10-16-22)23-17-11-6-12-18-23;1-3-7-11(8-4-1)13-12-9-5-2-6-10-12/h4-18,24,29H,19-20H2,1-3H3,(H,31,32);11-13H,1-10H2/t24-;/m0./s1. The molecule has 0 bridgehead atoms. The van der Waals surface area contributed by atoms with E-state index in [4.69, 9.17) is 4.74 Å². The highest BCUT2D eigenvalue weighted by Gasteiger charge is 2.40. The van der Waals surface area contributed by atoms with Gasteiger partial charge < -0.3 is 15.2 Å². The molecular formula is C40H54N2O4. The zero-order chi connectivity index (χ0) is 32.8. The summed E-state index contributed by atoms with van der Waals surface area (Å²) in [6.45, 7) is 5.38. The number of ether oxygens (including phenoxy) is 1. The molecule has 0 amide bonds. The molecule has 5 rings (SSSR count). The van der Waals surface area contributed by atoms with Gasteiger partial charge in [0.05, 0.1) is 5.54 Å². The van der Waals surface area contributed by atoms with Crippen LogP contribution < -0.4 is 10.6 Å². The summed E-state index contributed by atoms with van der Waals surface area (Å²) in [6, 6.07) is 30.1. The first-order valence-corrected chi connectivity index (χ1v) is 17.3. The molecular weight excluding hydrogens is 572 g/mol. The van der Waals surface area contributed by atoms with Gasteiger partial charge >= 0.3 is 11.9 Å². The van der Waals surface area contributed by atoms with Crippen LogP contribution >= 0.6 is 0 Å². The maximum atomic E-state index is 12.4. The molecule has 6 nitrogen and oxygen atoms in total. The van der Waals surface area contributed by atoms with Gasteiger partial charge in [0.25, 0.3) is 0 Å². The second kappa shape index (κ2) is 17.4. The maximum absolute atomic E-state index is 12.4. The van der Waals surface area contributed by atoms with Crippen LogP contribution in [0.2, 0.25) is 0 Å². The molecule has 1 atom stereocenters. The summed E-state index contributed by atoms with van der Waals surface area (Å²) in [7, 11) is 0. The Labute approximate surface area is 276 Å². The predicted molar refractivity (Wildman–Crippen MR) is 186 cm³/mol. The first-order chi connectivity index (χ1) is 22.2. The summed E-state index contributed by atoms with van der Waals surface area (Å²) in [6.07, 6.45) is 14.7. The number of hydrogen-bond acceptors (Lipinski definition) is 5. The number of carbonyl (C=O) groups is 2. The number of hydrogen-bond donors (Lipinski definition) is 3. The van der Waals surface area contributed by atoms with Crippen molar-refractivity contribution in [1.29, 1.82) is 0 Å². The minimum Gasteiger partial charge on any atom is -0.480 e. The van der Waals surface area contributed by atoms with E-state index in [1.165, 1.54) is 64.2 Å². The predicted octanol–water partition coefficient (Wildman–Crippen LogP) is 8.38. The Morgan fingerprint density at radius 2 is 1.09 bits per heavy atom. The summed E-state index contributed by atoms with van der Waals surface area (Å²) in [5.74, 6) is -1.44. The average molecular weight is 627 g/mol. The van der Waals surface area contributed by atoms with Gasteiger partial charge in [-0.3, -0.25) is 14.9 Å². The van der Waals surface area contributed by atoms with E-state index in [1.807, 2.05) is 91.0 Å². The zero-order valence-corrected chi connectivity index (χ0v) is 28.0. The van der Waals surface area contributed by atoms with E-state index in [0.717, 1.165) is 28.8 Å². The molecule has 2 saturated carbocycles. The Morgan fingerprint density at radius 1 is 0.696 bits per heavy atom. The van der Waals surface area contributed by atoms with Gasteiger partial charge in [-0.05, 0) is 69.6 Å². The normalized spacial score (nSPS) is 16.9. The van der Waals surface area contributed by atoms with Gasteiger partial charge in [0.1, 0.15) is 11.6 Å². The van der Waals surface area contributed by atoms with Crippen LogP contribution in [0.15, 0.2) is 91.0 Å². The van der Waals surface area contributed by atoms with Crippen LogP contribution in [0.3, 0.4) is 0 Å². The molecule has 6 heteroatoms. The Kier molecular flexibility index (Phi) is 13.4. The fourth-order valence-corrected chi connectivity index (χ4v) is 6.86. The topological polar surface area (TPSA) is 87.7 Å². The number of carboxylic acids is 1.